The lowest BCUT2D eigenvalue weighted by atomic mass is 10.1. The summed E-state index contributed by atoms with van der Waals surface area (Å²) in [7, 11) is 0. The number of carbonyl (C=O) groups is 1. The van der Waals surface area contributed by atoms with Crippen molar-refractivity contribution >= 4 is 40.4 Å². The first-order chi connectivity index (χ1) is 8.99. The van der Waals surface area contributed by atoms with Gasteiger partial charge >= 0.3 is 0 Å². The summed E-state index contributed by atoms with van der Waals surface area (Å²) in [5, 5.41) is 7.13. The number of nitrogens with zero attached hydrogens (tertiary/aromatic N) is 2. The molecule has 0 aliphatic rings. The van der Waals surface area contributed by atoms with E-state index in [1.54, 1.807) is 18.2 Å². The molecule has 7 heteroatoms. The molecule has 0 spiro atoms. The molecule has 1 aromatic carbocycles. The average Bonchev–Trinajstić information content (AvgIpc) is 2.83. The van der Waals surface area contributed by atoms with Crippen molar-refractivity contribution in [2.24, 2.45) is 0 Å². The Morgan fingerprint density at radius 2 is 2.21 bits per heavy atom. The van der Waals surface area contributed by atoms with Crippen molar-refractivity contribution in [3.05, 3.63) is 33.8 Å². The van der Waals surface area contributed by atoms with Gasteiger partial charge in [0.15, 0.2) is 0 Å². The van der Waals surface area contributed by atoms with Gasteiger partial charge in [0, 0.05) is 5.69 Å². The van der Waals surface area contributed by atoms with Gasteiger partial charge in [-0.25, -0.2) is 0 Å². The number of hydrogen-bond donors (Lipinski definition) is 2. The zero-order chi connectivity index (χ0) is 14.0. The maximum atomic E-state index is 12.2. The van der Waals surface area contributed by atoms with Crippen LogP contribution in [0.15, 0.2) is 18.2 Å². The molecule has 0 radical (unpaired) electrons. The zero-order valence-electron chi connectivity index (χ0n) is 10.5. The summed E-state index contributed by atoms with van der Waals surface area (Å²) in [5.74, 6) is -0.137. The number of anilines is 2. The minimum absolute atomic E-state index is 0.135. The minimum Gasteiger partial charge on any atom is -0.399 e. The van der Waals surface area contributed by atoms with E-state index in [1.165, 1.54) is 0 Å². The quantitative estimate of drug-likeness (QED) is 0.853. The van der Waals surface area contributed by atoms with Crippen LogP contribution in [0.3, 0.4) is 0 Å². The van der Waals surface area contributed by atoms with Gasteiger partial charge in [-0.05, 0) is 35.6 Å². The van der Waals surface area contributed by atoms with E-state index in [9.17, 15) is 4.79 Å². The number of carbonyl (C=O) groups excluding carboxylic acids is 1. The monoisotopic (exact) mass is 296 g/mol. The molecule has 0 aliphatic heterocycles. The molecular formula is C12H13ClN4OS. The van der Waals surface area contributed by atoms with Crippen molar-refractivity contribution in [3.8, 4) is 0 Å². The summed E-state index contributed by atoms with van der Waals surface area (Å²) in [6, 6.07) is 4.93. The minimum atomic E-state index is -0.272. The molecule has 100 valence electrons. The number of nitrogens with two attached hydrogens (primary N) is 1. The fraction of sp³-hybridized carbons (Fsp3) is 0.250. The SMILES string of the molecule is CC(C)c1nnsc1C(=O)Nc1cc(N)ccc1Cl. The highest BCUT2D eigenvalue weighted by molar-refractivity contribution is 7.08. The van der Waals surface area contributed by atoms with Gasteiger partial charge in [0.05, 0.1) is 16.4 Å². The van der Waals surface area contributed by atoms with Gasteiger partial charge in [-0.3, -0.25) is 4.79 Å². The van der Waals surface area contributed by atoms with Gasteiger partial charge in [0.1, 0.15) is 4.88 Å². The molecule has 5 nitrogen and oxygen atoms in total. The highest BCUT2D eigenvalue weighted by Crippen LogP contribution is 2.26. The van der Waals surface area contributed by atoms with Crippen LogP contribution in [-0.4, -0.2) is 15.5 Å². The molecule has 0 aliphatic carbocycles. The highest BCUT2D eigenvalue weighted by atomic mass is 35.5. The Hall–Kier alpha value is -1.66. The Balaban J connectivity index is 2.26. The molecule has 1 aromatic heterocycles. The summed E-state index contributed by atoms with van der Waals surface area (Å²) < 4.78 is 3.82. The van der Waals surface area contributed by atoms with Crippen LogP contribution in [0.25, 0.3) is 0 Å². The Morgan fingerprint density at radius 1 is 1.47 bits per heavy atom. The van der Waals surface area contributed by atoms with E-state index in [1.807, 2.05) is 13.8 Å². The second-order valence-electron chi connectivity index (χ2n) is 4.34. The third kappa shape index (κ3) is 3.02. The van der Waals surface area contributed by atoms with Gasteiger partial charge in [0.2, 0.25) is 0 Å². The standard InChI is InChI=1S/C12H13ClN4OS/c1-6(2)10-11(19-17-16-10)12(18)15-9-5-7(14)3-4-8(9)13/h3-6H,14H2,1-2H3,(H,15,18). The first-order valence-corrected chi connectivity index (χ1v) is 6.82. The van der Waals surface area contributed by atoms with Gasteiger partial charge in [0.25, 0.3) is 5.91 Å². The number of benzene rings is 1. The van der Waals surface area contributed by atoms with Crippen molar-refractivity contribution in [1.29, 1.82) is 0 Å². The molecule has 2 aromatic rings. The van der Waals surface area contributed by atoms with Crippen molar-refractivity contribution < 1.29 is 4.79 Å². The largest absolute Gasteiger partial charge is 0.399 e. The summed E-state index contributed by atoms with van der Waals surface area (Å²) in [5.41, 5.74) is 7.37. The molecule has 0 fully saturated rings. The second kappa shape index (κ2) is 5.54. The lowest BCUT2D eigenvalue weighted by molar-refractivity contribution is 0.102. The number of halogens is 1. The fourth-order valence-electron chi connectivity index (χ4n) is 1.55. The molecule has 0 saturated heterocycles. The number of nitrogens with one attached hydrogen (secondary N) is 1. The summed E-state index contributed by atoms with van der Waals surface area (Å²) in [6.07, 6.45) is 0. The molecule has 0 saturated carbocycles. The normalized spacial score (nSPS) is 10.7. The molecule has 2 rings (SSSR count). The van der Waals surface area contributed by atoms with Crippen LogP contribution < -0.4 is 11.1 Å². The van der Waals surface area contributed by atoms with Crippen LogP contribution in [-0.2, 0) is 0 Å². The summed E-state index contributed by atoms with van der Waals surface area (Å²) in [4.78, 5) is 12.7. The Labute approximate surface area is 119 Å². The van der Waals surface area contributed by atoms with E-state index in [2.05, 4.69) is 14.9 Å². The molecule has 0 bridgehead atoms. The van der Waals surface area contributed by atoms with Crippen LogP contribution in [0.2, 0.25) is 5.02 Å². The molecule has 3 N–H and O–H groups in total. The van der Waals surface area contributed by atoms with Gasteiger partial charge in [-0.1, -0.05) is 29.9 Å². The molecule has 1 heterocycles. The highest BCUT2D eigenvalue weighted by Gasteiger charge is 2.19. The Bertz CT molecular complexity index is 612. The van der Waals surface area contributed by atoms with Crippen molar-refractivity contribution in [1.82, 2.24) is 9.59 Å². The van der Waals surface area contributed by atoms with E-state index in [4.69, 9.17) is 17.3 Å². The van der Waals surface area contributed by atoms with E-state index in [0.29, 0.717) is 27.0 Å². The second-order valence-corrected chi connectivity index (χ2v) is 5.50. The molecule has 0 unspecified atom stereocenters. The Morgan fingerprint density at radius 3 is 2.89 bits per heavy atom. The molecular weight excluding hydrogens is 284 g/mol. The number of amides is 1. The van der Waals surface area contributed by atoms with Crippen LogP contribution in [0, 0.1) is 0 Å². The van der Waals surface area contributed by atoms with Gasteiger partial charge in [-0.2, -0.15) is 0 Å². The average molecular weight is 297 g/mol. The first kappa shape index (κ1) is 13.8. The van der Waals surface area contributed by atoms with Crippen LogP contribution in [0.5, 0.6) is 0 Å². The zero-order valence-corrected chi connectivity index (χ0v) is 12.0. The van der Waals surface area contributed by atoms with Gasteiger partial charge in [-0.15, -0.1) is 5.10 Å². The topological polar surface area (TPSA) is 80.9 Å². The molecule has 1 amide bonds. The third-order valence-corrected chi connectivity index (χ3v) is 3.58. The predicted molar refractivity (Wildman–Crippen MR) is 77.8 cm³/mol. The van der Waals surface area contributed by atoms with E-state index >= 15 is 0 Å². The van der Waals surface area contributed by atoms with Crippen molar-refractivity contribution in [3.63, 3.8) is 0 Å². The fourth-order valence-corrected chi connectivity index (χ4v) is 2.43. The number of aromatic nitrogens is 2. The Kier molecular flexibility index (Phi) is 4.01. The molecule has 0 atom stereocenters. The smallest absolute Gasteiger partial charge is 0.269 e. The van der Waals surface area contributed by atoms with E-state index in [0.717, 1.165) is 11.5 Å². The lowest BCUT2D eigenvalue weighted by Crippen LogP contribution is -2.13. The lowest BCUT2D eigenvalue weighted by Gasteiger charge is -2.08. The number of hydrogen-bond acceptors (Lipinski definition) is 5. The first-order valence-electron chi connectivity index (χ1n) is 5.67. The van der Waals surface area contributed by atoms with Gasteiger partial charge < -0.3 is 11.1 Å². The van der Waals surface area contributed by atoms with Crippen LogP contribution >= 0.6 is 23.1 Å². The van der Waals surface area contributed by atoms with Crippen LogP contribution in [0.4, 0.5) is 11.4 Å². The maximum Gasteiger partial charge on any atom is 0.269 e. The van der Waals surface area contributed by atoms with E-state index in [-0.39, 0.29) is 11.8 Å². The maximum absolute atomic E-state index is 12.2. The van der Waals surface area contributed by atoms with Crippen molar-refractivity contribution in [2.45, 2.75) is 19.8 Å². The van der Waals surface area contributed by atoms with Crippen molar-refractivity contribution in [2.75, 3.05) is 11.1 Å². The third-order valence-electron chi connectivity index (χ3n) is 2.51. The number of nitrogen functional groups attached to an aromatic ring is 1. The summed E-state index contributed by atoms with van der Waals surface area (Å²) >= 11 is 7.07. The van der Waals surface area contributed by atoms with Crippen LogP contribution in [0.1, 0.15) is 35.1 Å². The number of rotatable bonds is 3. The predicted octanol–water partition coefficient (Wildman–Crippen LogP) is 3.15. The summed E-state index contributed by atoms with van der Waals surface area (Å²) in [6.45, 7) is 3.92. The van der Waals surface area contributed by atoms with E-state index < -0.39 is 0 Å². The molecule has 19 heavy (non-hydrogen) atoms.